The summed E-state index contributed by atoms with van der Waals surface area (Å²) in [6.45, 7) is 0. The number of amides is 2. The van der Waals surface area contributed by atoms with E-state index in [9.17, 15) is 14.4 Å². The molecule has 0 spiro atoms. The van der Waals surface area contributed by atoms with Crippen LogP contribution in [0.1, 0.15) is 15.9 Å². The summed E-state index contributed by atoms with van der Waals surface area (Å²) in [5, 5.41) is 1.48. The van der Waals surface area contributed by atoms with E-state index >= 15 is 0 Å². The van der Waals surface area contributed by atoms with Crippen molar-refractivity contribution >= 4 is 23.3 Å². The van der Waals surface area contributed by atoms with Crippen LogP contribution in [0, 0.1) is 5.92 Å². The number of fused-ring (bicyclic) bond motifs is 5. The first-order valence-electron chi connectivity index (χ1n) is 8.06. The second-order valence-corrected chi connectivity index (χ2v) is 6.51. The van der Waals surface area contributed by atoms with Crippen LogP contribution in [0.25, 0.3) is 0 Å². The van der Waals surface area contributed by atoms with Gasteiger partial charge in [-0.15, -0.1) is 0 Å². The Morgan fingerprint density at radius 2 is 1.60 bits per heavy atom. The average Bonchev–Trinajstić information content (AvgIpc) is 3.20. The van der Waals surface area contributed by atoms with E-state index in [2.05, 4.69) is 0 Å². The van der Waals surface area contributed by atoms with Gasteiger partial charge in [0.05, 0.1) is 5.69 Å². The molecule has 3 aliphatic heterocycles. The summed E-state index contributed by atoms with van der Waals surface area (Å²) in [7, 11) is 1.43. The summed E-state index contributed by atoms with van der Waals surface area (Å²) >= 11 is 0. The third-order valence-corrected chi connectivity index (χ3v) is 5.39. The largest absolute Gasteiger partial charge is 0.291 e. The topological polar surface area (TPSA) is 66.9 Å². The molecule has 0 unspecified atom stereocenters. The molecule has 0 aromatic heterocycles. The molecule has 0 aliphatic carbocycles. The van der Waals surface area contributed by atoms with E-state index in [0.717, 1.165) is 4.90 Å². The second-order valence-electron chi connectivity index (χ2n) is 6.51. The molecule has 2 fully saturated rings. The van der Waals surface area contributed by atoms with Gasteiger partial charge in [-0.2, -0.15) is 0 Å². The highest BCUT2D eigenvalue weighted by molar-refractivity contribution is 6.20. The first kappa shape index (κ1) is 14.4. The third-order valence-electron chi connectivity index (χ3n) is 5.39. The first-order valence-corrected chi connectivity index (χ1v) is 8.06. The smallest absolute Gasteiger partial charge is 0.261 e. The number of rotatable bonds is 1. The van der Waals surface area contributed by atoms with Crippen LogP contribution in [-0.2, 0) is 20.0 Å². The van der Waals surface area contributed by atoms with E-state index in [1.165, 1.54) is 12.1 Å². The van der Waals surface area contributed by atoms with Crippen LogP contribution in [0.15, 0.2) is 54.6 Å². The van der Waals surface area contributed by atoms with Gasteiger partial charge in [-0.3, -0.25) is 24.1 Å². The quantitative estimate of drug-likeness (QED) is 0.740. The van der Waals surface area contributed by atoms with Crippen molar-refractivity contribution in [1.82, 2.24) is 4.90 Å². The summed E-state index contributed by atoms with van der Waals surface area (Å²) in [4.78, 5) is 45.8. The molecule has 2 saturated heterocycles. The number of hydrogen-bond donors (Lipinski definition) is 0. The fraction of sp³-hybridized carbons (Fsp3) is 0.211. The van der Waals surface area contributed by atoms with Crippen molar-refractivity contribution in [1.29, 1.82) is 0 Å². The highest BCUT2D eigenvalue weighted by Crippen LogP contribution is 2.57. The first-order chi connectivity index (χ1) is 12.1. The number of hydrogen-bond acceptors (Lipinski definition) is 5. The number of carbonyl (C=O) groups excluding carboxylic acids is 3. The summed E-state index contributed by atoms with van der Waals surface area (Å²) in [5.41, 5.74) is 0.404. The number of Topliss-reactive ketones (excluding diaryl/α,β-unsaturated/α-hetero) is 1. The Kier molecular flexibility index (Phi) is 2.61. The van der Waals surface area contributed by atoms with Gasteiger partial charge in [0.15, 0.2) is 17.4 Å². The minimum absolute atomic E-state index is 0.210. The molecular formula is C19H14N2O4. The molecule has 0 saturated carbocycles. The number of benzene rings is 2. The maximum Gasteiger partial charge on any atom is 0.261 e. The van der Waals surface area contributed by atoms with Gasteiger partial charge in [0.1, 0.15) is 5.92 Å². The number of carbonyl (C=O) groups is 3. The SMILES string of the molecule is CN1C(=O)[C@@H]2[C@@H](ON3c4ccccc4C(=O)[C@@]23c2ccccc2)C1=O. The van der Waals surface area contributed by atoms with E-state index in [4.69, 9.17) is 4.84 Å². The molecule has 3 heterocycles. The van der Waals surface area contributed by atoms with Gasteiger partial charge in [-0.05, 0) is 17.7 Å². The van der Waals surface area contributed by atoms with Gasteiger partial charge in [-0.1, -0.05) is 42.5 Å². The van der Waals surface area contributed by atoms with Crippen LogP contribution in [0.5, 0.6) is 0 Å². The van der Waals surface area contributed by atoms with Crippen molar-refractivity contribution in [3.8, 4) is 0 Å². The average molecular weight is 334 g/mol. The lowest BCUT2D eigenvalue weighted by Crippen LogP contribution is -2.50. The van der Waals surface area contributed by atoms with Crippen molar-refractivity contribution in [2.24, 2.45) is 5.92 Å². The number of para-hydroxylation sites is 1. The Morgan fingerprint density at radius 1 is 0.920 bits per heavy atom. The highest BCUT2D eigenvalue weighted by Gasteiger charge is 2.72. The molecule has 3 aliphatic rings. The minimum Gasteiger partial charge on any atom is -0.291 e. The van der Waals surface area contributed by atoms with Crippen LogP contribution >= 0.6 is 0 Å². The van der Waals surface area contributed by atoms with Crippen molar-refractivity contribution in [2.75, 3.05) is 12.1 Å². The lowest BCUT2D eigenvalue weighted by molar-refractivity contribution is -0.141. The number of nitrogens with zero attached hydrogens (tertiary/aromatic N) is 2. The molecule has 2 aromatic carbocycles. The molecule has 2 aromatic rings. The monoisotopic (exact) mass is 334 g/mol. The van der Waals surface area contributed by atoms with E-state index in [1.54, 1.807) is 36.4 Å². The zero-order valence-corrected chi connectivity index (χ0v) is 13.4. The summed E-state index contributed by atoms with van der Waals surface area (Å²) < 4.78 is 0. The number of hydroxylamine groups is 1. The van der Waals surface area contributed by atoms with Crippen LogP contribution < -0.4 is 5.06 Å². The van der Waals surface area contributed by atoms with Gasteiger partial charge in [-0.25, -0.2) is 5.06 Å². The van der Waals surface area contributed by atoms with Gasteiger partial charge < -0.3 is 0 Å². The predicted octanol–water partition coefficient (Wildman–Crippen LogP) is 1.51. The number of likely N-dealkylation sites (N-methyl/N-ethyl adjacent to an activating group) is 1. The van der Waals surface area contributed by atoms with Gasteiger partial charge in [0, 0.05) is 12.6 Å². The molecular weight excluding hydrogens is 320 g/mol. The Balaban J connectivity index is 1.82. The molecule has 0 N–H and O–H groups in total. The third kappa shape index (κ3) is 1.46. The number of anilines is 1. The van der Waals surface area contributed by atoms with Crippen LogP contribution in [0.4, 0.5) is 5.69 Å². The fourth-order valence-corrected chi connectivity index (χ4v) is 4.26. The van der Waals surface area contributed by atoms with Gasteiger partial charge in [0.25, 0.3) is 5.91 Å². The molecule has 25 heavy (non-hydrogen) atoms. The van der Waals surface area contributed by atoms with E-state index in [0.29, 0.717) is 16.8 Å². The zero-order chi connectivity index (χ0) is 17.3. The summed E-state index contributed by atoms with van der Waals surface area (Å²) in [5.74, 6) is -1.90. The number of imide groups is 1. The summed E-state index contributed by atoms with van der Waals surface area (Å²) in [6.07, 6.45) is -0.977. The number of likely N-dealkylation sites (tertiary alicyclic amines) is 1. The van der Waals surface area contributed by atoms with Crippen molar-refractivity contribution in [2.45, 2.75) is 11.6 Å². The van der Waals surface area contributed by atoms with Crippen molar-refractivity contribution in [3.05, 3.63) is 65.7 Å². The van der Waals surface area contributed by atoms with Crippen LogP contribution in [0.2, 0.25) is 0 Å². The fourth-order valence-electron chi connectivity index (χ4n) is 4.26. The molecule has 6 heteroatoms. The van der Waals surface area contributed by atoms with Gasteiger partial charge in [0.2, 0.25) is 5.91 Å². The lowest BCUT2D eigenvalue weighted by Gasteiger charge is -2.33. The van der Waals surface area contributed by atoms with Crippen LogP contribution in [0.3, 0.4) is 0 Å². The Morgan fingerprint density at radius 3 is 2.36 bits per heavy atom. The normalized spacial score (nSPS) is 29.9. The maximum absolute atomic E-state index is 13.5. The predicted molar refractivity (Wildman–Crippen MR) is 87.5 cm³/mol. The number of ketones is 1. The summed E-state index contributed by atoms with van der Waals surface area (Å²) in [6, 6.07) is 16.2. The Labute approximate surface area is 143 Å². The molecule has 6 nitrogen and oxygen atoms in total. The lowest BCUT2D eigenvalue weighted by atomic mass is 9.74. The van der Waals surface area contributed by atoms with E-state index in [-0.39, 0.29) is 11.7 Å². The standard InChI is InChI=1S/C19H14N2O4/c1-20-17(23)14-15(18(20)24)25-21-13-10-6-5-9-12(13)16(22)19(14,21)11-7-3-2-4-8-11/h2-10,14-15H,1H3/t14-,15+,19+/m0/s1. The van der Waals surface area contributed by atoms with Crippen LogP contribution in [-0.4, -0.2) is 35.6 Å². The maximum atomic E-state index is 13.5. The molecule has 124 valence electrons. The Hall–Kier alpha value is -2.99. The van der Waals surface area contributed by atoms with Crippen molar-refractivity contribution < 1.29 is 19.2 Å². The van der Waals surface area contributed by atoms with E-state index in [1.807, 2.05) is 18.2 Å². The van der Waals surface area contributed by atoms with E-state index < -0.39 is 23.5 Å². The molecule has 2 amide bonds. The minimum atomic E-state index is -1.34. The molecule has 0 bridgehead atoms. The molecule has 5 rings (SSSR count). The second kappa shape index (κ2) is 4.55. The van der Waals surface area contributed by atoms with Gasteiger partial charge >= 0.3 is 0 Å². The zero-order valence-electron chi connectivity index (χ0n) is 13.4. The molecule has 3 atom stereocenters. The Bertz CT molecular complexity index is 941. The molecule has 0 radical (unpaired) electrons. The van der Waals surface area contributed by atoms with Crippen molar-refractivity contribution in [3.63, 3.8) is 0 Å². The highest BCUT2D eigenvalue weighted by atomic mass is 16.7.